The van der Waals surface area contributed by atoms with E-state index < -0.39 is 0 Å². The van der Waals surface area contributed by atoms with Gasteiger partial charge in [-0.3, -0.25) is 9.89 Å². The molecule has 0 spiro atoms. The molecule has 27 heavy (non-hydrogen) atoms. The number of nitrogens with one attached hydrogen (secondary N) is 2. The summed E-state index contributed by atoms with van der Waals surface area (Å²) < 4.78 is 5.69. The molecule has 140 valence electrons. The van der Waals surface area contributed by atoms with E-state index in [9.17, 15) is 4.79 Å². The maximum atomic E-state index is 12.2. The molecule has 0 fully saturated rings. The number of benzene rings is 2. The van der Waals surface area contributed by atoms with Crippen LogP contribution in [0.4, 0.5) is 5.69 Å². The Morgan fingerprint density at radius 2 is 2.07 bits per heavy atom. The van der Waals surface area contributed by atoms with E-state index in [0.717, 1.165) is 29.0 Å². The van der Waals surface area contributed by atoms with Gasteiger partial charge in [0.15, 0.2) is 5.82 Å². The second-order valence-electron chi connectivity index (χ2n) is 6.02. The van der Waals surface area contributed by atoms with Crippen molar-refractivity contribution in [3.8, 4) is 5.75 Å². The number of thioether (sulfide) groups is 1. The number of rotatable bonds is 8. The first-order valence-corrected chi connectivity index (χ1v) is 9.74. The van der Waals surface area contributed by atoms with Crippen molar-refractivity contribution in [1.82, 2.24) is 15.2 Å². The van der Waals surface area contributed by atoms with E-state index in [1.807, 2.05) is 55.5 Å². The van der Waals surface area contributed by atoms with Crippen molar-refractivity contribution in [1.29, 1.82) is 0 Å². The Morgan fingerprint density at radius 1 is 1.22 bits per heavy atom. The molecule has 1 heterocycles. The summed E-state index contributed by atoms with van der Waals surface area (Å²) in [5, 5.41) is 10.4. The Bertz CT molecular complexity index is 910. The molecule has 0 atom stereocenters. The van der Waals surface area contributed by atoms with Crippen molar-refractivity contribution >= 4 is 23.4 Å². The largest absolute Gasteiger partial charge is 0.486 e. The number of hydrogen-bond acceptors (Lipinski definition) is 5. The summed E-state index contributed by atoms with van der Waals surface area (Å²) in [5.41, 5.74) is 3.11. The van der Waals surface area contributed by atoms with Crippen LogP contribution < -0.4 is 10.1 Å². The highest BCUT2D eigenvalue weighted by Crippen LogP contribution is 2.18. The number of aryl methyl sites for hydroxylation is 2. The van der Waals surface area contributed by atoms with Gasteiger partial charge in [0.05, 0.1) is 5.75 Å². The molecule has 0 saturated carbocycles. The second kappa shape index (κ2) is 9.23. The van der Waals surface area contributed by atoms with Crippen molar-refractivity contribution in [2.75, 3.05) is 11.1 Å². The van der Waals surface area contributed by atoms with Crippen LogP contribution in [-0.4, -0.2) is 26.8 Å². The zero-order chi connectivity index (χ0) is 19.1. The van der Waals surface area contributed by atoms with Gasteiger partial charge in [-0.25, -0.2) is 4.98 Å². The monoisotopic (exact) mass is 382 g/mol. The number of para-hydroxylation sites is 1. The van der Waals surface area contributed by atoms with Crippen LogP contribution in [0.5, 0.6) is 5.75 Å². The Labute approximate surface area is 162 Å². The van der Waals surface area contributed by atoms with Crippen LogP contribution in [0.15, 0.2) is 53.7 Å². The first-order valence-electron chi connectivity index (χ1n) is 8.75. The number of amides is 1. The van der Waals surface area contributed by atoms with E-state index in [2.05, 4.69) is 27.4 Å². The van der Waals surface area contributed by atoms with Crippen molar-refractivity contribution in [3.63, 3.8) is 0 Å². The van der Waals surface area contributed by atoms with Crippen LogP contribution in [0.25, 0.3) is 0 Å². The number of ether oxygens (including phenoxy) is 1. The smallest absolute Gasteiger partial charge is 0.234 e. The quantitative estimate of drug-likeness (QED) is 0.576. The fraction of sp³-hybridized carbons (Fsp3) is 0.250. The Morgan fingerprint density at radius 3 is 2.89 bits per heavy atom. The molecule has 1 amide bonds. The molecule has 6 nitrogen and oxygen atoms in total. The summed E-state index contributed by atoms with van der Waals surface area (Å²) in [6, 6.07) is 15.6. The Hall–Kier alpha value is -2.80. The lowest BCUT2D eigenvalue weighted by Crippen LogP contribution is -2.15. The summed E-state index contributed by atoms with van der Waals surface area (Å²) in [6.07, 6.45) is 0.870. The molecule has 0 saturated heterocycles. The van der Waals surface area contributed by atoms with E-state index in [4.69, 9.17) is 4.74 Å². The highest BCUT2D eigenvalue weighted by Gasteiger charge is 2.10. The van der Waals surface area contributed by atoms with Crippen LogP contribution in [0.3, 0.4) is 0 Å². The van der Waals surface area contributed by atoms with E-state index in [-0.39, 0.29) is 11.7 Å². The van der Waals surface area contributed by atoms with Gasteiger partial charge in [0.2, 0.25) is 11.1 Å². The molecule has 2 N–H and O–H groups in total. The minimum atomic E-state index is -0.0803. The molecule has 1 aromatic heterocycles. The molecule has 0 aliphatic rings. The number of aromatic amines is 1. The Balaban J connectivity index is 1.48. The first-order chi connectivity index (χ1) is 13.1. The topological polar surface area (TPSA) is 79.9 Å². The molecule has 0 aliphatic carbocycles. The molecule has 7 heteroatoms. The van der Waals surface area contributed by atoms with Gasteiger partial charge >= 0.3 is 0 Å². The van der Waals surface area contributed by atoms with Crippen molar-refractivity contribution in [2.24, 2.45) is 0 Å². The lowest BCUT2D eigenvalue weighted by atomic mass is 10.1. The minimum absolute atomic E-state index is 0.0803. The number of aromatic nitrogens is 3. The van der Waals surface area contributed by atoms with Gasteiger partial charge in [-0.2, -0.15) is 0 Å². The first kappa shape index (κ1) is 19.0. The predicted octanol–water partition coefficient (Wildman–Crippen LogP) is 3.99. The second-order valence-corrected chi connectivity index (χ2v) is 6.96. The van der Waals surface area contributed by atoms with Gasteiger partial charge in [-0.15, -0.1) is 5.10 Å². The zero-order valence-electron chi connectivity index (χ0n) is 15.4. The van der Waals surface area contributed by atoms with E-state index in [0.29, 0.717) is 17.6 Å². The van der Waals surface area contributed by atoms with Crippen LogP contribution in [0, 0.1) is 6.92 Å². The standard InChI is InChI=1S/C20H22N4O2S/c1-3-15-8-4-5-10-17(15)21-19(25)13-27-20-22-18(23-24-20)12-26-16-9-6-7-14(2)11-16/h4-11H,3,12-13H2,1-2H3,(H,21,25)(H,22,23,24). The Kier molecular flexibility index (Phi) is 6.49. The average molecular weight is 382 g/mol. The summed E-state index contributed by atoms with van der Waals surface area (Å²) >= 11 is 1.29. The lowest BCUT2D eigenvalue weighted by molar-refractivity contribution is -0.113. The lowest BCUT2D eigenvalue weighted by Gasteiger charge is -2.08. The predicted molar refractivity (Wildman–Crippen MR) is 107 cm³/mol. The molecule has 0 aliphatic heterocycles. The molecule has 2 aromatic carbocycles. The fourth-order valence-electron chi connectivity index (χ4n) is 2.53. The molecule has 3 aromatic rings. The summed E-state index contributed by atoms with van der Waals surface area (Å²) in [7, 11) is 0. The van der Waals surface area contributed by atoms with Crippen LogP contribution >= 0.6 is 11.8 Å². The van der Waals surface area contributed by atoms with Crippen molar-refractivity contribution in [3.05, 3.63) is 65.5 Å². The average Bonchev–Trinajstić information content (AvgIpc) is 3.13. The highest BCUT2D eigenvalue weighted by molar-refractivity contribution is 7.99. The number of H-pyrrole nitrogens is 1. The molecule has 0 radical (unpaired) electrons. The summed E-state index contributed by atoms with van der Waals surface area (Å²) in [6.45, 7) is 4.38. The van der Waals surface area contributed by atoms with Crippen molar-refractivity contribution in [2.45, 2.75) is 32.0 Å². The maximum absolute atomic E-state index is 12.2. The molecular formula is C20H22N4O2S. The molecule has 0 unspecified atom stereocenters. The number of carbonyl (C=O) groups is 1. The summed E-state index contributed by atoms with van der Waals surface area (Å²) in [4.78, 5) is 16.5. The molecule has 0 bridgehead atoms. The van der Waals surface area contributed by atoms with Gasteiger partial charge < -0.3 is 10.1 Å². The third kappa shape index (κ3) is 5.59. The zero-order valence-corrected chi connectivity index (χ0v) is 16.2. The highest BCUT2D eigenvalue weighted by atomic mass is 32.2. The van der Waals surface area contributed by atoms with Gasteiger partial charge in [0, 0.05) is 5.69 Å². The normalized spacial score (nSPS) is 10.6. The van der Waals surface area contributed by atoms with Crippen molar-refractivity contribution < 1.29 is 9.53 Å². The van der Waals surface area contributed by atoms with Crippen LogP contribution in [0.2, 0.25) is 0 Å². The van der Waals surface area contributed by atoms with E-state index in [1.165, 1.54) is 11.8 Å². The van der Waals surface area contributed by atoms with E-state index >= 15 is 0 Å². The SMILES string of the molecule is CCc1ccccc1NC(=O)CSc1n[nH]c(COc2cccc(C)c2)n1. The van der Waals surface area contributed by atoms with Gasteiger partial charge in [0.25, 0.3) is 0 Å². The maximum Gasteiger partial charge on any atom is 0.234 e. The third-order valence-corrected chi connectivity index (χ3v) is 4.73. The molecular weight excluding hydrogens is 360 g/mol. The van der Waals surface area contributed by atoms with Gasteiger partial charge in [-0.05, 0) is 42.7 Å². The van der Waals surface area contributed by atoms with Crippen LogP contribution in [0.1, 0.15) is 23.9 Å². The van der Waals surface area contributed by atoms with Gasteiger partial charge in [0.1, 0.15) is 12.4 Å². The number of nitrogens with zero attached hydrogens (tertiary/aromatic N) is 2. The third-order valence-electron chi connectivity index (χ3n) is 3.88. The minimum Gasteiger partial charge on any atom is -0.486 e. The van der Waals surface area contributed by atoms with E-state index in [1.54, 1.807) is 0 Å². The number of anilines is 1. The number of hydrogen-bond donors (Lipinski definition) is 2. The van der Waals surface area contributed by atoms with Gasteiger partial charge in [-0.1, -0.05) is 49.0 Å². The summed E-state index contributed by atoms with van der Waals surface area (Å²) in [5.74, 6) is 1.57. The van der Waals surface area contributed by atoms with Crippen LogP contribution in [-0.2, 0) is 17.8 Å². The fourth-order valence-corrected chi connectivity index (χ4v) is 3.15. The number of carbonyl (C=O) groups excluding carboxylic acids is 1. The molecule has 3 rings (SSSR count).